The Labute approximate surface area is 158 Å². The van der Waals surface area contributed by atoms with Crippen molar-refractivity contribution < 1.29 is 0 Å². The maximum Gasteiger partial charge on any atom is 0.169 e. The number of para-hydroxylation sites is 1. The number of hydrogen-bond donors (Lipinski definition) is 0. The van der Waals surface area contributed by atoms with E-state index < -0.39 is 0 Å². The summed E-state index contributed by atoms with van der Waals surface area (Å²) in [6, 6.07) is 23.4. The Morgan fingerprint density at radius 3 is 2.44 bits per heavy atom. The molecule has 5 aromatic rings. The van der Waals surface area contributed by atoms with Gasteiger partial charge in [0.1, 0.15) is 0 Å². The zero-order chi connectivity index (χ0) is 17.0. The SMILES string of the molecule is Cc1ccc2c3ccccc3n3c(-c4ccc(I)cc4)nnc3c2c1. The van der Waals surface area contributed by atoms with Crippen molar-refractivity contribution in [2.75, 3.05) is 0 Å². The van der Waals surface area contributed by atoms with Crippen molar-refractivity contribution in [2.45, 2.75) is 6.92 Å². The van der Waals surface area contributed by atoms with Crippen molar-refractivity contribution >= 4 is 49.9 Å². The molecule has 0 radical (unpaired) electrons. The number of hydrogen-bond acceptors (Lipinski definition) is 2. The number of aryl methyl sites for hydroxylation is 1. The van der Waals surface area contributed by atoms with Gasteiger partial charge in [0.2, 0.25) is 0 Å². The molecule has 0 atom stereocenters. The van der Waals surface area contributed by atoms with Crippen LogP contribution in [0.25, 0.3) is 38.7 Å². The average Bonchev–Trinajstić information content (AvgIpc) is 3.08. The fourth-order valence-corrected chi connectivity index (χ4v) is 3.81. The van der Waals surface area contributed by atoms with E-state index in [1.54, 1.807) is 0 Å². The second kappa shape index (κ2) is 5.52. The van der Waals surface area contributed by atoms with Gasteiger partial charge in [-0.3, -0.25) is 4.40 Å². The minimum Gasteiger partial charge on any atom is -0.274 e. The number of rotatable bonds is 1. The molecular weight excluding hydrogens is 421 g/mol. The van der Waals surface area contributed by atoms with Gasteiger partial charge in [0, 0.05) is 19.9 Å². The van der Waals surface area contributed by atoms with Crippen LogP contribution in [0.15, 0.2) is 66.7 Å². The van der Waals surface area contributed by atoms with Crippen molar-refractivity contribution in [3.05, 3.63) is 75.9 Å². The third-order valence-electron chi connectivity index (χ3n) is 4.62. The number of halogens is 1. The van der Waals surface area contributed by atoms with Crippen LogP contribution < -0.4 is 0 Å². The topological polar surface area (TPSA) is 30.2 Å². The monoisotopic (exact) mass is 435 g/mol. The third kappa shape index (κ3) is 2.24. The lowest BCUT2D eigenvalue weighted by Gasteiger charge is -2.10. The van der Waals surface area contributed by atoms with Crippen LogP contribution in [-0.2, 0) is 0 Å². The molecule has 120 valence electrons. The molecule has 0 saturated heterocycles. The zero-order valence-corrected chi connectivity index (χ0v) is 15.7. The van der Waals surface area contributed by atoms with Gasteiger partial charge in [0.25, 0.3) is 0 Å². The summed E-state index contributed by atoms with van der Waals surface area (Å²) in [6.45, 7) is 2.11. The van der Waals surface area contributed by atoms with Gasteiger partial charge in [-0.2, -0.15) is 0 Å². The first kappa shape index (κ1) is 14.8. The quantitative estimate of drug-likeness (QED) is 0.253. The number of nitrogens with zero attached hydrogens (tertiary/aromatic N) is 3. The molecule has 0 aliphatic carbocycles. The van der Waals surface area contributed by atoms with Crippen LogP contribution in [0.2, 0.25) is 0 Å². The van der Waals surface area contributed by atoms with E-state index in [1.165, 1.54) is 19.9 Å². The first-order valence-corrected chi connectivity index (χ1v) is 9.22. The van der Waals surface area contributed by atoms with Crippen LogP contribution in [0.3, 0.4) is 0 Å². The minimum absolute atomic E-state index is 0.881. The first-order chi connectivity index (χ1) is 12.2. The summed E-state index contributed by atoms with van der Waals surface area (Å²) in [5.41, 5.74) is 4.34. The van der Waals surface area contributed by atoms with Crippen molar-refractivity contribution in [3.63, 3.8) is 0 Å². The molecule has 0 aliphatic heterocycles. The molecule has 2 heterocycles. The van der Waals surface area contributed by atoms with Crippen LogP contribution in [-0.4, -0.2) is 14.6 Å². The molecule has 0 spiro atoms. The number of aromatic nitrogens is 3. The lowest BCUT2D eigenvalue weighted by Crippen LogP contribution is -1.94. The average molecular weight is 435 g/mol. The van der Waals surface area contributed by atoms with Gasteiger partial charge < -0.3 is 0 Å². The molecule has 3 aromatic carbocycles. The number of pyridine rings is 1. The predicted molar refractivity (Wildman–Crippen MR) is 111 cm³/mol. The molecule has 0 bridgehead atoms. The van der Waals surface area contributed by atoms with Gasteiger partial charge in [0.15, 0.2) is 11.5 Å². The summed E-state index contributed by atoms with van der Waals surface area (Å²) >= 11 is 2.32. The van der Waals surface area contributed by atoms with Crippen LogP contribution in [0.5, 0.6) is 0 Å². The summed E-state index contributed by atoms with van der Waals surface area (Å²) in [6.07, 6.45) is 0. The highest BCUT2D eigenvalue weighted by molar-refractivity contribution is 14.1. The lowest BCUT2D eigenvalue weighted by molar-refractivity contribution is 1.12. The molecule has 25 heavy (non-hydrogen) atoms. The lowest BCUT2D eigenvalue weighted by atomic mass is 10.0. The third-order valence-corrected chi connectivity index (χ3v) is 5.34. The van der Waals surface area contributed by atoms with Gasteiger partial charge in [0.05, 0.1) is 5.52 Å². The van der Waals surface area contributed by atoms with Crippen molar-refractivity contribution in [2.24, 2.45) is 0 Å². The Balaban J connectivity index is 2.00. The molecule has 2 aromatic heterocycles. The summed E-state index contributed by atoms with van der Waals surface area (Å²) < 4.78 is 3.39. The summed E-state index contributed by atoms with van der Waals surface area (Å²) in [4.78, 5) is 0. The molecular formula is C21H14IN3. The van der Waals surface area contributed by atoms with Crippen molar-refractivity contribution in [1.82, 2.24) is 14.6 Å². The summed E-state index contributed by atoms with van der Waals surface area (Å²) in [5, 5.41) is 12.7. The predicted octanol–water partition coefficient (Wildman–Crippen LogP) is 5.62. The fraction of sp³-hybridized carbons (Fsp3) is 0.0476. The first-order valence-electron chi connectivity index (χ1n) is 8.14. The van der Waals surface area contributed by atoms with Crippen LogP contribution in [0, 0.1) is 10.5 Å². The second-order valence-electron chi connectivity index (χ2n) is 6.26. The van der Waals surface area contributed by atoms with Gasteiger partial charge in [-0.15, -0.1) is 10.2 Å². The van der Waals surface area contributed by atoms with Gasteiger partial charge >= 0.3 is 0 Å². The van der Waals surface area contributed by atoms with E-state index in [1.807, 2.05) is 0 Å². The van der Waals surface area contributed by atoms with Gasteiger partial charge in [-0.25, -0.2) is 0 Å². The normalized spacial score (nSPS) is 11.6. The van der Waals surface area contributed by atoms with Crippen LogP contribution in [0.4, 0.5) is 0 Å². The van der Waals surface area contributed by atoms with Gasteiger partial charge in [-0.1, -0.05) is 48.0 Å². The molecule has 0 amide bonds. The maximum atomic E-state index is 4.55. The van der Waals surface area contributed by atoms with Gasteiger partial charge in [-0.05, 0) is 59.2 Å². The standard InChI is InChI=1S/C21H14IN3/c1-13-6-11-16-17-4-2-3-5-19(17)25-20(14-7-9-15(22)10-8-14)23-24-21(25)18(16)12-13/h2-12H,1H3. The van der Waals surface area contributed by atoms with E-state index in [-0.39, 0.29) is 0 Å². The highest BCUT2D eigenvalue weighted by Crippen LogP contribution is 2.32. The number of fused-ring (bicyclic) bond motifs is 6. The fourth-order valence-electron chi connectivity index (χ4n) is 3.45. The van der Waals surface area contributed by atoms with Crippen molar-refractivity contribution in [1.29, 1.82) is 0 Å². The van der Waals surface area contributed by atoms with E-state index in [2.05, 4.69) is 111 Å². The summed E-state index contributed by atoms with van der Waals surface area (Å²) in [7, 11) is 0. The van der Waals surface area contributed by atoms with E-state index in [0.29, 0.717) is 0 Å². The highest BCUT2D eigenvalue weighted by atomic mass is 127. The van der Waals surface area contributed by atoms with Crippen molar-refractivity contribution in [3.8, 4) is 11.4 Å². The van der Waals surface area contributed by atoms with Crippen LogP contribution in [0.1, 0.15) is 5.56 Å². The molecule has 4 heteroatoms. The second-order valence-corrected chi connectivity index (χ2v) is 7.50. The summed E-state index contributed by atoms with van der Waals surface area (Å²) in [5.74, 6) is 0.881. The Hall–Kier alpha value is -2.47. The van der Waals surface area contributed by atoms with Crippen LogP contribution >= 0.6 is 22.6 Å². The molecule has 5 rings (SSSR count). The maximum absolute atomic E-state index is 4.55. The number of benzene rings is 3. The smallest absolute Gasteiger partial charge is 0.169 e. The molecule has 0 N–H and O–H groups in total. The molecule has 0 saturated carbocycles. The molecule has 0 unspecified atom stereocenters. The Morgan fingerprint density at radius 2 is 1.60 bits per heavy atom. The zero-order valence-electron chi connectivity index (χ0n) is 13.6. The Morgan fingerprint density at radius 1 is 0.800 bits per heavy atom. The van der Waals surface area contributed by atoms with E-state index >= 15 is 0 Å². The Bertz CT molecular complexity index is 1250. The molecule has 3 nitrogen and oxygen atoms in total. The van der Waals surface area contributed by atoms with E-state index in [0.717, 1.165) is 27.9 Å². The largest absolute Gasteiger partial charge is 0.274 e. The Kier molecular flexibility index (Phi) is 3.28. The molecule has 0 fully saturated rings. The highest BCUT2D eigenvalue weighted by Gasteiger charge is 2.15. The van der Waals surface area contributed by atoms with E-state index in [9.17, 15) is 0 Å². The molecule has 0 aliphatic rings. The van der Waals surface area contributed by atoms with E-state index in [4.69, 9.17) is 0 Å². The minimum atomic E-state index is 0.881.